The van der Waals surface area contributed by atoms with Gasteiger partial charge >= 0.3 is 0 Å². The van der Waals surface area contributed by atoms with Crippen LogP contribution in [-0.2, 0) is 20.1 Å². The smallest absolute Gasteiger partial charge is 0.231 e. The molecule has 0 saturated carbocycles. The summed E-state index contributed by atoms with van der Waals surface area (Å²) in [5.41, 5.74) is 1.25. The van der Waals surface area contributed by atoms with Crippen molar-refractivity contribution in [2.24, 2.45) is 12.0 Å². The summed E-state index contributed by atoms with van der Waals surface area (Å²) < 4.78 is 12.9. The molecular formula is C20H29N7O2. The Balaban J connectivity index is 1.34. The van der Waals surface area contributed by atoms with E-state index in [9.17, 15) is 0 Å². The van der Waals surface area contributed by atoms with E-state index < -0.39 is 0 Å². The molecule has 0 radical (unpaired) electrons. The normalized spacial score (nSPS) is 17.1. The molecule has 1 aromatic heterocycles. The van der Waals surface area contributed by atoms with E-state index in [1.807, 2.05) is 24.6 Å². The van der Waals surface area contributed by atoms with Crippen LogP contribution >= 0.6 is 0 Å². The quantitative estimate of drug-likeness (QED) is 0.596. The third-order valence-corrected chi connectivity index (χ3v) is 5.40. The van der Waals surface area contributed by atoms with E-state index in [4.69, 9.17) is 14.5 Å². The van der Waals surface area contributed by atoms with Crippen molar-refractivity contribution >= 4 is 5.96 Å². The Kier molecular flexibility index (Phi) is 5.84. The van der Waals surface area contributed by atoms with Gasteiger partial charge in [-0.2, -0.15) is 0 Å². The van der Waals surface area contributed by atoms with Crippen LogP contribution in [0.4, 0.5) is 0 Å². The number of hydrogen-bond donors (Lipinski definition) is 1. The number of piperazine rings is 1. The number of aryl methyl sites for hydroxylation is 1. The van der Waals surface area contributed by atoms with Gasteiger partial charge in [-0.05, 0) is 31.5 Å². The Morgan fingerprint density at radius 3 is 2.66 bits per heavy atom. The number of guanidine groups is 1. The number of hydrogen-bond acceptors (Lipinski definition) is 6. The van der Waals surface area contributed by atoms with Crippen molar-refractivity contribution in [3.05, 3.63) is 35.4 Å². The molecule has 9 nitrogen and oxygen atoms in total. The fourth-order valence-electron chi connectivity index (χ4n) is 3.58. The summed E-state index contributed by atoms with van der Waals surface area (Å²) in [5, 5.41) is 11.7. The minimum absolute atomic E-state index is 0.317. The Hall–Kier alpha value is -2.81. The first-order chi connectivity index (χ1) is 14.1. The lowest BCUT2D eigenvalue weighted by molar-refractivity contribution is 0.171. The van der Waals surface area contributed by atoms with Gasteiger partial charge in [0.1, 0.15) is 12.4 Å². The maximum absolute atomic E-state index is 5.49. The van der Waals surface area contributed by atoms with E-state index in [-0.39, 0.29) is 0 Å². The standard InChI is InChI=1S/C20H29N7O2/c1-4-21-20(22-12-19-24-23-15(2)25(19)3)27-9-7-26(8-10-27)13-16-5-6-17-18(11-16)29-14-28-17/h5-6,11H,4,7-10,12-14H2,1-3H3,(H,21,22). The lowest BCUT2D eigenvalue weighted by Crippen LogP contribution is -2.52. The summed E-state index contributed by atoms with van der Waals surface area (Å²) in [6.45, 7) is 10.5. The summed E-state index contributed by atoms with van der Waals surface area (Å²) >= 11 is 0. The maximum atomic E-state index is 5.49. The Morgan fingerprint density at radius 2 is 1.93 bits per heavy atom. The van der Waals surface area contributed by atoms with Crippen molar-refractivity contribution in [3.63, 3.8) is 0 Å². The monoisotopic (exact) mass is 399 g/mol. The molecule has 0 bridgehead atoms. The second-order valence-corrected chi connectivity index (χ2v) is 7.34. The van der Waals surface area contributed by atoms with E-state index in [0.717, 1.165) is 68.4 Å². The van der Waals surface area contributed by atoms with Gasteiger partial charge < -0.3 is 24.3 Å². The summed E-state index contributed by atoms with van der Waals surface area (Å²) in [6.07, 6.45) is 0. The van der Waals surface area contributed by atoms with Crippen LogP contribution in [0.2, 0.25) is 0 Å². The van der Waals surface area contributed by atoms with Crippen molar-refractivity contribution in [2.45, 2.75) is 26.9 Å². The molecule has 0 atom stereocenters. The van der Waals surface area contributed by atoms with Gasteiger partial charge in [0.25, 0.3) is 0 Å². The molecule has 0 amide bonds. The fourth-order valence-corrected chi connectivity index (χ4v) is 3.58. The molecule has 156 valence electrons. The molecule has 0 spiro atoms. The Labute approximate surface area is 171 Å². The van der Waals surface area contributed by atoms with Crippen LogP contribution in [0.3, 0.4) is 0 Å². The molecule has 2 aliphatic rings. The van der Waals surface area contributed by atoms with Crippen molar-refractivity contribution in [2.75, 3.05) is 39.5 Å². The van der Waals surface area contributed by atoms with E-state index in [0.29, 0.717) is 13.3 Å². The average molecular weight is 399 g/mol. The molecule has 1 fully saturated rings. The third kappa shape index (κ3) is 4.45. The Bertz CT molecular complexity index is 872. The van der Waals surface area contributed by atoms with Crippen molar-refractivity contribution in [1.82, 2.24) is 29.9 Å². The fraction of sp³-hybridized carbons (Fsp3) is 0.550. The topological polar surface area (TPSA) is 80.0 Å². The van der Waals surface area contributed by atoms with Gasteiger partial charge in [0.05, 0.1) is 0 Å². The molecule has 2 aliphatic heterocycles. The molecule has 1 saturated heterocycles. The van der Waals surface area contributed by atoms with Gasteiger partial charge in [-0.25, -0.2) is 4.99 Å². The molecule has 0 aliphatic carbocycles. The zero-order chi connectivity index (χ0) is 20.2. The van der Waals surface area contributed by atoms with Crippen LogP contribution in [0, 0.1) is 6.92 Å². The number of aromatic nitrogens is 3. The predicted octanol–water partition coefficient (Wildman–Crippen LogP) is 1.14. The first-order valence-electron chi connectivity index (χ1n) is 10.1. The van der Waals surface area contributed by atoms with Crippen LogP contribution in [0.5, 0.6) is 11.5 Å². The Morgan fingerprint density at radius 1 is 1.14 bits per heavy atom. The van der Waals surface area contributed by atoms with Gasteiger partial charge in [0, 0.05) is 46.3 Å². The number of rotatable bonds is 5. The SMILES string of the molecule is CCNC(=NCc1nnc(C)n1C)N1CCN(Cc2ccc3c(c2)OCO3)CC1. The highest BCUT2D eigenvalue weighted by Gasteiger charge is 2.21. The highest BCUT2D eigenvalue weighted by atomic mass is 16.7. The largest absolute Gasteiger partial charge is 0.454 e. The second-order valence-electron chi connectivity index (χ2n) is 7.34. The lowest BCUT2D eigenvalue weighted by Gasteiger charge is -2.36. The number of ether oxygens (including phenoxy) is 2. The van der Waals surface area contributed by atoms with Crippen LogP contribution in [0.25, 0.3) is 0 Å². The molecular weight excluding hydrogens is 370 g/mol. The third-order valence-electron chi connectivity index (χ3n) is 5.40. The van der Waals surface area contributed by atoms with E-state index in [1.165, 1.54) is 5.56 Å². The lowest BCUT2D eigenvalue weighted by atomic mass is 10.1. The zero-order valence-corrected chi connectivity index (χ0v) is 17.4. The zero-order valence-electron chi connectivity index (χ0n) is 17.4. The molecule has 9 heteroatoms. The van der Waals surface area contributed by atoms with Gasteiger partial charge in [0.2, 0.25) is 6.79 Å². The highest BCUT2D eigenvalue weighted by molar-refractivity contribution is 5.80. The van der Waals surface area contributed by atoms with Crippen molar-refractivity contribution in [1.29, 1.82) is 0 Å². The average Bonchev–Trinajstić information content (AvgIpc) is 3.33. The number of nitrogens with zero attached hydrogens (tertiary/aromatic N) is 6. The number of benzene rings is 1. The van der Waals surface area contributed by atoms with Crippen LogP contribution in [0.1, 0.15) is 24.1 Å². The van der Waals surface area contributed by atoms with E-state index in [1.54, 1.807) is 0 Å². The van der Waals surface area contributed by atoms with E-state index >= 15 is 0 Å². The predicted molar refractivity (Wildman–Crippen MR) is 110 cm³/mol. The second kappa shape index (κ2) is 8.69. The van der Waals surface area contributed by atoms with E-state index in [2.05, 4.69) is 44.4 Å². The highest BCUT2D eigenvalue weighted by Crippen LogP contribution is 2.32. The van der Waals surface area contributed by atoms with Gasteiger partial charge in [-0.1, -0.05) is 6.07 Å². The summed E-state index contributed by atoms with van der Waals surface area (Å²) in [6, 6.07) is 6.20. The molecule has 2 aromatic rings. The summed E-state index contributed by atoms with van der Waals surface area (Å²) in [5.74, 6) is 4.40. The first-order valence-corrected chi connectivity index (χ1v) is 10.1. The van der Waals surface area contributed by atoms with Crippen LogP contribution in [0.15, 0.2) is 23.2 Å². The minimum Gasteiger partial charge on any atom is -0.454 e. The first kappa shape index (κ1) is 19.5. The maximum Gasteiger partial charge on any atom is 0.231 e. The minimum atomic E-state index is 0.317. The molecule has 4 rings (SSSR count). The molecule has 1 aromatic carbocycles. The van der Waals surface area contributed by atoms with Gasteiger partial charge in [-0.15, -0.1) is 10.2 Å². The molecule has 3 heterocycles. The number of aliphatic imine (C=N–C) groups is 1. The molecule has 29 heavy (non-hydrogen) atoms. The van der Waals surface area contributed by atoms with Crippen LogP contribution < -0.4 is 14.8 Å². The van der Waals surface area contributed by atoms with Crippen molar-refractivity contribution < 1.29 is 9.47 Å². The van der Waals surface area contributed by atoms with Gasteiger partial charge in [-0.3, -0.25) is 4.90 Å². The molecule has 1 N–H and O–H groups in total. The number of fused-ring (bicyclic) bond motifs is 1. The number of nitrogens with one attached hydrogen (secondary N) is 1. The molecule has 0 unspecified atom stereocenters. The summed E-state index contributed by atoms with van der Waals surface area (Å²) in [4.78, 5) is 9.57. The van der Waals surface area contributed by atoms with Gasteiger partial charge in [0.15, 0.2) is 23.3 Å². The van der Waals surface area contributed by atoms with Crippen LogP contribution in [-0.4, -0.2) is 70.0 Å². The van der Waals surface area contributed by atoms with Crippen molar-refractivity contribution in [3.8, 4) is 11.5 Å². The summed E-state index contributed by atoms with van der Waals surface area (Å²) in [7, 11) is 1.97.